The largest absolute Gasteiger partial charge is 0.494 e. The Morgan fingerprint density at radius 1 is 1.02 bits per heavy atom. The number of carbonyl (C=O) groups excluding carboxylic acids is 1. The number of aliphatic carboxylic acids is 1. The molecule has 5 rings (SSSR count). The summed E-state index contributed by atoms with van der Waals surface area (Å²) in [5.74, 6) is 0.907. The molecule has 0 saturated heterocycles. The van der Waals surface area contributed by atoms with Crippen LogP contribution in [0.4, 0.5) is 5.69 Å². The third-order valence-corrected chi connectivity index (χ3v) is 7.92. The van der Waals surface area contributed by atoms with E-state index in [1.165, 1.54) is 4.88 Å². The number of hydrogen-bond donors (Lipinski definition) is 2. The number of benzene rings is 2. The van der Waals surface area contributed by atoms with Gasteiger partial charge < -0.3 is 19.9 Å². The molecule has 2 aromatic heterocycles. The average molecular weight is 574 g/mol. The van der Waals surface area contributed by atoms with Gasteiger partial charge in [0.1, 0.15) is 29.2 Å². The lowest BCUT2D eigenvalue weighted by Gasteiger charge is -2.13. The van der Waals surface area contributed by atoms with Crippen molar-refractivity contribution in [1.82, 2.24) is 14.8 Å². The van der Waals surface area contributed by atoms with E-state index in [1.807, 2.05) is 66.1 Å². The second-order valence-corrected chi connectivity index (χ2v) is 10.9. The van der Waals surface area contributed by atoms with Gasteiger partial charge in [0.15, 0.2) is 5.82 Å². The first-order valence-corrected chi connectivity index (χ1v) is 14.1. The van der Waals surface area contributed by atoms with Crippen LogP contribution in [0.3, 0.4) is 0 Å². The number of anilines is 1. The number of amides is 1. The summed E-state index contributed by atoms with van der Waals surface area (Å²) in [7, 11) is 0. The topological polar surface area (TPSA) is 128 Å². The first kappa shape index (κ1) is 28.2. The SMILES string of the molecule is Cc1sc2c(c1C)C(c1ccc(OCCCOCC(=O)O)cc1)=N[C@@H](CC(=O)Nc1ccccc1)c1nnc(C)n1-2. The molecular formula is C30H31N5O5S. The van der Waals surface area contributed by atoms with Gasteiger partial charge >= 0.3 is 5.97 Å². The predicted octanol–water partition coefficient (Wildman–Crippen LogP) is 5.05. The minimum atomic E-state index is -0.990. The van der Waals surface area contributed by atoms with E-state index in [0.29, 0.717) is 31.2 Å². The minimum Gasteiger partial charge on any atom is -0.494 e. The van der Waals surface area contributed by atoms with E-state index in [4.69, 9.17) is 19.6 Å². The van der Waals surface area contributed by atoms with E-state index >= 15 is 0 Å². The predicted molar refractivity (Wildman–Crippen MR) is 157 cm³/mol. The van der Waals surface area contributed by atoms with Crippen molar-refractivity contribution in [1.29, 1.82) is 0 Å². The second-order valence-electron chi connectivity index (χ2n) is 9.69. The monoisotopic (exact) mass is 573 g/mol. The van der Waals surface area contributed by atoms with E-state index in [-0.39, 0.29) is 18.9 Å². The zero-order chi connectivity index (χ0) is 28.9. The number of rotatable bonds is 11. The van der Waals surface area contributed by atoms with Crippen LogP contribution >= 0.6 is 11.3 Å². The number of carbonyl (C=O) groups is 2. The van der Waals surface area contributed by atoms with Crippen molar-refractivity contribution in [3.05, 3.63) is 87.8 Å². The molecule has 0 radical (unpaired) electrons. The third kappa shape index (κ3) is 6.36. The van der Waals surface area contributed by atoms with Gasteiger partial charge in [0.05, 0.1) is 25.3 Å². The number of ether oxygens (including phenoxy) is 2. The molecule has 2 aromatic carbocycles. The summed E-state index contributed by atoms with van der Waals surface area (Å²) < 4.78 is 12.9. The molecular weight excluding hydrogens is 542 g/mol. The normalized spacial score (nSPS) is 14.0. The van der Waals surface area contributed by atoms with Crippen molar-refractivity contribution < 1.29 is 24.2 Å². The standard InChI is InChI=1S/C30H31N5O5S/c1-18-19(2)41-30-27(18)28(21-10-12-23(13-11-21)40-15-7-14-39-17-26(37)38)32-24(29-34-33-20(3)35(29)30)16-25(36)31-22-8-5-4-6-9-22/h4-6,8-13,24H,7,14-17H2,1-3H3,(H,31,36)(H,37,38)/t24-/m0/s1. The lowest BCUT2D eigenvalue weighted by atomic mass is 9.99. The summed E-state index contributed by atoms with van der Waals surface area (Å²) in [4.78, 5) is 30.0. The Bertz CT molecular complexity index is 1580. The number of para-hydroxylation sites is 1. The molecule has 1 amide bonds. The van der Waals surface area contributed by atoms with Gasteiger partial charge in [-0.05, 0) is 62.7 Å². The number of carboxylic acids is 1. The molecule has 10 nitrogen and oxygen atoms in total. The maximum absolute atomic E-state index is 13.1. The number of aryl methyl sites for hydroxylation is 2. The van der Waals surface area contributed by atoms with Crippen LogP contribution in [0, 0.1) is 20.8 Å². The second kappa shape index (κ2) is 12.4. The lowest BCUT2D eigenvalue weighted by molar-refractivity contribution is -0.142. The van der Waals surface area contributed by atoms with Gasteiger partial charge in [-0.3, -0.25) is 14.4 Å². The average Bonchev–Trinajstić information content (AvgIpc) is 3.43. The molecule has 212 valence electrons. The number of thiophene rings is 1. The molecule has 3 heterocycles. The van der Waals surface area contributed by atoms with E-state index in [2.05, 4.69) is 29.4 Å². The maximum Gasteiger partial charge on any atom is 0.329 e. The van der Waals surface area contributed by atoms with Gasteiger partial charge in [-0.2, -0.15) is 0 Å². The van der Waals surface area contributed by atoms with Crippen LogP contribution in [0.25, 0.3) is 5.00 Å². The van der Waals surface area contributed by atoms with Crippen LogP contribution in [-0.2, 0) is 14.3 Å². The highest BCUT2D eigenvalue weighted by molar-refractivity contribution is 7.15. The fourth-order valence-corrected chi connectivity index (χ4v) is 5.87. The highest BCUT2D eigenvalue weighted by Crippen LogP contribution is 2.39. The van der Waals surface area contributed by atoms with Crippen molar-refractivity contribution in [2.24, 2.45) is 4.99 Å². The first-order chi connectivity index (χ1) is 19.8. The Morgan fingerprint density at radius 3 is 2.51 bits per heavy atom. The summed E-state index contributed by atoms with van der Waals surface area (Å²) in [5, 5.41) is 21.4. The number of carboxylic acid groups (broad SMARTS) is 1. The van der Waals surface area contributed by atoms with Crippen molar-refractivity contribution in [2.75, 3.05) is 25.1 Å². The molecule has 11 heteroatoms. The highest BCUT2D eigenvalue weighted by atomic mass is 32.1. The van der Waals surface area contributed by atoms with E-state index in [0.717, 1.165) is 38.9 Å². The van der Waals surface area contributed by atoms with Gasteiger partial charge in [0.2, 0.25) is 5.91 Å². The van der Waals surface area contributed by atoms with E-state index in [1.54, 1.807) is 11.3 Å². The quantitative estimate of drug-likeness (QED) is 0.241. The molecule has 0 fully saturated rings. The van der Waals surface area contributed by atoms with Gasteiger partial charge in [0.25, 0.3) is 0 Å². The van der Waals surface area contributed by atoms with Gasteiger partial charge in [-0.1, -0.05) is 18.2 Å². The zero-order valence-corrected chi connectivity index (χ0v) is 23.9. The molecule has 4 aromatic rings. The summed E-state index contributed by atoms with van der Waals surface area (Å²) in [6.45, 7) is 6.49. The zero-order valence-electron chi connectivity index (χ0n) is 23.1. The van der Waals surface area contributed by atoms with Crippen molar-refractivity contribution >= 4 is 34.6 Å². The molecule has 0 bridgehead atoms. The van der Waals surface area contributed by atoms with Crippen LogP contribution in [0.5, 0.6) is 5.75 Å². The molecule has 1 aliphatic heterocycles. The highest BCUT2D eigenvalue weighted by Gasteiger charge is 2.32. The Kier molecular flexibility index (Phi) is 8.55. The molecule has 0 unspecified atom stereocenters. The first-order valence-electron chi connectivity index (χ1n) is 13.3. The Morgan fingerprint density at radius 2 is 1.78 bits per heavy atom. The fraction of sp³-hybridized carbons (Fsp3) is 0.300. The Balaban J connectivity index is 1.43. The summed E-state index contributed by atoms with van der Waals surface area (Å²) in [6, 6.07) is 16.5. The van der Waals surface area contributed by atoms with E-state index < -0.39 is 12.0 Å². The number of nitrogens with one attached hydrogen (secondary N) is 1. The van der Waals surface area contributed by atoms with Crippen LogP contribution in [0.1, 0.15) is 52.1 Å². The summed E-state index contributed by atoms with van der Waals surface area (Å²) in [6.07, 6.45) is 0.679. The van der Waals surface area contributed by atoms with Crippen molar-refractivity contribution in [3.63, 3.8) is 0 Å². The molecule has 0 saturated carbocycles. The minimum absolute atomic E-state index is 0.106. The third-order valence-electron chi connectivity index (χ3n) is 6.73. The summed E-state index contributed by atoms with van der Waals surface area (Å²) >= 11 is 1.66. The van der Waals surface area contributed by atoms with E-state index in [9.17, 15) is 9.59 Å². The van der Waals surface area contributed by atoms with Crippen molar-refractivity contribution in [3.8, 4) is 10.8 Å². The van der Waals surface area contributed by atoms with Crippen molar-refractivity contribution in [2.45, 2.75) is 39.7 Å². The van der Waals surface area contributed by atoms with Crippen LogP contribution in [0.2, 0.25) is 0 Å². The number of nitrogens with zero attached hydrogens (tertiary/aromatic N) is 4. The number of aliphatic imine (C=N–C) groups is 1. The van der Waals surface area contributed by atoms with Gasteiger partial charge in [-0.25, -0.2) is 4.79 Å². The maximum atomic E-state index is 13.1. The molecule has 1 atom stereocenters. The number of fused-ring (bicyclic) bond motifs is 3. The van der Waals surface area contributed by atoms with Crippen LogP contribution < -0.4 is 10.1 Å². The summed E-state index contributed by atoms with van der Waals surface area (Å²) in [5.41, 5.74) is 4.54. The molecule has 0 spiro atoms. The Labute approximate surface area is 241 Å². The molecule has 0 aliphatic carbocycles. The smallest absolute Gasteiger partial charge is 0.329 e. The van der Waals surface area contributed by atoms with Crippen LogP contribution in [0.15, 0.2) is 59.6 Å². The molecule has 41 heavy (non-hydrogen) atoms. The number of aromatic nitrogens is 3. The fourth-order valence-electron chi connectivity index (χ4n) is 4.65. The number of hydrogen-bond acceptors (Lipinski definition) is 8. The Hall–Kier alpha value is -4.35. The van der Waals surface area contributed by atoms with Crippen LogP contribution in [-0.4, -0.2) is 57.3 Å². The molecule has 1 aliphatic rings. The lowest BCUT2D eigenvalue weighted by Crippen LogP contribution is -2.17. The van der Waals surface area contributed by atoms with Gasteiger partial charge in [0, 0.05) is 28.1 Å². The molecule has 2 N–H and O–H groups in total. The van der Waals surface area contributed by atoms with Gasteiger partial charge in [-0.15, -0.1) is 21.5 Å².